The van der Waals surface area contributed by atoms with Crippen molar-refractivity contribution in [1.29, 1.82) is 0 Å². The SMILES string of the molecule is CC(C)CN1CCN(CC2CC2C(=O)O)CC1. The molecular weight excluding hydrogens is 216 g/mol. The summed E-state index contributed by atoms with van der Waals surface area (Å²) in [5, 5.41) is 8.87. The van der Waals surface area contributed by atoms with Crippen molar-refractivity contribution >= 4 is 5.97 Å². The molecule has 0 aromatic heterocycles. The standard InChI is InChI=1S/C13H24N2O2/c1-10(2)8-14-3-5-15(6-4-14)9-11-7-12(11)13(16)17/h10-12H,3-9H2,1-2H3,(H,16,17). The van der Waals surface area contributed by atoms with Crippen LogP contribution < -0.4 is 0 Å². The number of hydrogen-bond donors (Lipinski definition) is 1. The predicted octanol–water partition coefficient (Wildman–Crippen LogP) is 0.981. The highest BCUT2D eigenvalue weighted by molar-refractivity contribution is 5.73. The van der Waals surface area contributed by atoms with Gasteiger partial charge in [-0.1, -0.05) is 13.8 Å². The van der Waals surface area contributed by atoms with Gasteiger partial charge in [-0.3, -0.25) is 4.79 Å². The molecule has 17 heavy (non-hydrogen) atoms. The zero-order valence-electron chi connectivity index (χ0n) is 10.9. The second kappa shape index (κ2) is 5.36. The molecule has 98 valence electrons. The average molecular weight is 240 g/mol. The lowest BCUT2D eigenvalue weighted by atomic mass is 10.2. The van der Waals surface area contributed by atoms with E-state index in [1.54, 1.807) is 0 Å². The summed E-state index contributed by atoms with van der Waals surface area (Å²) in [5.74, 6) is 0.502. The number of hydrogen-bond acceptors (Lipinski definition) is 3. The van der Waals surface area contributed by atoms with Gasteiger partial charge in [-0.25, -0.2) is 0 Å². The van der Waals surface area contributed by atoms with Crippen LogP contribution in [0.1, 0.15) is 20.3 Å². The highest BCUT2D eigenvalue weighted by Gasteiger charge is 2.43. The Bertz CT molecular complexity index is 273. The Balaban J connectivity index is 1.65. The highest BCUT2D eigenvalue weighted by atomic mass is 16.4. The maximum atomic E-state index is 10.8. The van der Waals surface area contributed by atoms with Crippen LogP contribution in [0.2, 0.25) is 0 Å². The molecule has 4 heteroatoms. The van der Waals surface area contributed by atoms with E-state index in [1.807, 2.05) is 0 Å². The van der Waals surface area contributed by atoms with E-state index in [4.69, 9.17) is 5.11 Å². The summed E-state index contributed by atoms with van der Waals surface area (Å²) < 4.78 is 0. The monoisotopic (exact) mass is 240 g/mol. The van der Waals surface area contributed by atoms with Crippen molar-refractivity contribution in [2.45, 2.75) is 20.3 Å². The van der Waals surface area contributed by atoms with E-state index >= 15 is 0 Å². The van der Waals surface area contributed by atoms with E-state index < -0.39 is 5.97 Å². The molecule has 1 saturated heterocycles. The fourth-order valence-electron chi connectivity index (χ4n) is 2.75. The first-order chi connectivity index (χ1) is 8.06. The summed E-state index contributed by atoms with van der Waals surface area (Å²) in [6.07, 6.45) is 0.890. The van der Waals surface area contributed by atoms with Crippen LogP contribution in [0.3, 0.4) is 0 Å². The predicted molar refractivity (Wildman–Crippen MR) is 67.0 cm³/mol. The molecule has 1 saturated carbocycles. The van der Waals surface area contributed by atoms with Crippen molar-refractivity contribution in [3.8, 4) is 0 Å². The van der Waals surface area contributed by atoms with Crippen molar-refractivity contribution in [1.82, 2.24) is 9.80 Å². The molecule has 0 aromatic rings. The quantitative estimate of drug-likeness (QED) is 0.778. The van der Waals surface area contributed by atoms with Gasteiger partial charge in [-0.15, -0.1) is 0 Å². The average Bonchev–Trinajstić information content (AvgIpc) is 3.00. The van der Waals surface area contributed by atoms with Crippen molar-refractivity contribution in [3.63, 3.8) is 0 Å². The normalized spacial score (nSPS) is 30.8. The number of carboxylic acid groups (broad SMARTS) is 1. The summed E-state index contributed by atoms with van der Waals surface area (Å²) in [5.41, 5.74) is 0. The molecule has 4 nitrogen and oxygen atoms in total. The summed E-state index contributed by atoms with van der Waals surface area (Å²) >= 11 is 0. The van der Waals surface area contributed by atoms with E-state index in [1.165, 1.54) is 6.54 Å². The number of piperazine rings is 1. The third kappa shape index (κ3) is 3.68. The lowest BCUT2D eigenvalue weighted by molar-refractivity contribution is -0.138. The van der Waals surface area contributed by atoms with Crippen molar-refractivity contribution in [3.05, 3.63) is 0 Å². The number of rotatable bonds is 5. The van der Waals surface area contributed by atoms with Gasteiger partial charge in [0.1, 0.15) is 0 Å². The maximum Gasteiger partial charge on any atom is 0.306 e. The van der Waals surface area contributed by atoms with Gasteiger partial charge in [-0.2, -0.15) is 0 Å². The first-order valence-electron chi connectivity index (χ1n) is 6.73. The van der Waals surface area contributed by atoms with Gasteiger partial charge in [0, 0.05) is 39.3 Å². The van der Waals surface area contributed by atoms with Crippen molar-refractivity contribution in [2.24, 2.45) is 17.8 Å². The third-order valence-corrected chi connectivity index (χ3v) is 3.82. The van der Waals surface area contributed by atoms with Gasteiger partial charge < -0.3 is 14.9 Å². The molecular formula is C13H24N2O2. The molecule has 0 spiro atoms. The summed E-state index contributed by atoms with van der Waals surface area (Å²) in [6.45, 7) is 11.2. The summed E-state index contributed by atoms with van der Waals surface area (Å²) in [6, 6.07) is 0. The molecule has 0 amide bonds. The van der Waals surface area contributed by atoms with Crippen LogP contribution in [-0.2, 0) is 4.79 Å². The van der Waals surface area contributed by atoms with Crippen LogP contribution in [0.4, 0.5) is 0 Å². The molecule has 2 unspecified atom stereocenters. The molecule has 1 aliphatic heterocycles. The molecule has 1 heterocycles. The van der Waals surface area contributed by atoms with Crippen LogP contribution >= 0.6 is 0 Å². The Morgan fingerprint density at radius 1 is 1.24 bits per heavy atom. The van der Waals surface area contributed by atoms with Gasteiger partial charge >= 0.3 is 5.97 Å². The minimum Gasteiger partial charge on any atom is -0.481 e. The molecule has 0 radical (unpaired) electrons. The number of carbonyl (C=O) groups is 1. The fraction of sp³-hybridized carbons (Fsp3) is 0.923. The molecule has 2 rings (SSSR count). The Morgan fingerprint density at radius 2 is 1.82 bits per heavy atom. The van der Waals surface area contributed by atoms with Gasteiger partial charge in [0.15, 0.2) is 0 Å². The van der Waals surface area contributed by atoms with Crippen LogP contribution in [0.25, 0.3) is 0 Å². The van der Waals surface area contributed by atoms with E-state index in [0.717, 1.165) is 45.1 Å². The second-order valence-electron chi connectivity index (χ2n) is 5.94. The number of nitrogens with zero attached hydrogens (tertiary/aromatic N) is 2. The van der Waals surface area contributed by atoms with Crippen LogP contribution in [0.15, 0.2) is 0 Å². The highest BCUT2D eigenvalue weighted by Crippen LogP contribution is 2.39. The lowest BCUT2D eigenvalue weighted by Gasteiger charge is -2.35. The summed E-state index contributed by atoms with van der Waals surface area (Å²) in [4.78, 5) is 15.7. The van der Waals surface area contributed by atoms with Gasteiger partial charge in [0.25, 0.3) is 0 Å². The summed E-state index contributed by atoms with van der Waals surface area (Å²) in [7, 11) is 0. The Kier molecular flexibility index (Phi) is 4.05. The van der Waals surface area contributed by atoms with E-state index in [9.17, 15) is 4.79 Å². The maximum absolute atomic E-state index is 10.8. The van der Waals surface area contributed by atoms with Gasteiger partial charge in [0.05, 0.1) is 5.92 Å². The minimum absolute atomic E-state index is 0.0521. The largest absolute Gasteiger partial charge is 0.481 e. The lowest BCUT2D eigenvalue weighted by Crippen LogP contribution is -2.47. The Labute approximate surface area is 104 Å². The Hall–Kier alpha value is -0.610. The zero-order valence-corrected chi connectivity index (χ0v) is 10.9. The van der Waals surface area contributed by atoms with Crippen LogP contribution in [0.5, 0.6) is 0 Å². The van der Waals surface area contributed by atoms with E-state index in [2.05, 4.69) is 23.6 Å². The van der Waals surface area contributed by atoms with Crippen molar-refractivity contribution < 1.29 is 9.90 Å². The molecule has 0 bridgehead atoms. The van der Waals surface area contributed by atoms with Crippen molar-refractivity contribution in [2.75, 3.05) is 39.3 Å². The van der Waals surface area contributed by atoms with Gasteiger partial charge in [0.2, 0.25) is 0 Å². The topological polar surface area (TPSA) is 43.8 Å². The molecule has 1 aliphatic carbocycles. The first kappa shape index (κ1) is 12.8. The van der Waals surface area contributed by atoms with E-state index in [-0.39, 0.29) is 5.92 Å². The molecule has 1 N–H and O–H groups in total. The second-order valence-corrected chi connectivity index (χ2v) is 5.94. The van der Waals surface area contributed by atoms with Crippen LogP contribution in [0, 0.1) is 17.8 Å². The molecule has 2 aliphatic rings. The third-order valence-electron chi connectivity index (χ3n) is 3.82. The molecule has 2 fully saturated rings. The first-order valence-corrected chi connectivity index (χ1v) is 6.73. The number of carboxylic acids is 1. The van der Waals surface area contributed by atoms with E-state index in [0.29, 0.717) is 5.92 Å². The van der Waals surface area contributed by atoms with Gasteiger partial charge in [-0.05, 0) is 18.3 Å². The zero-order chi connectivity index (χ0) is 12.4. The minimum atomic E-state index is -0.603. The fourth-order valence-corrected chi connectivity index (χ4v) is 2.75. The molecule has 0 aromatic carbocycles. The smallest absolute Gasteiger partial charge is 0.306 e. The number of aliphatic carboxylic acids is 1. The molecule has 2 atom stereocenters. The van der Waals surface area contributed by atoms with Crippen LogP contribution in [-0.4, -0.2) is 60.1 Å². The Morgan fingerprint density at radius 3 is 2.29 bits per heavy atom.